The van der Waals surface area contributed by atoms with Crippen molar-refractivity contribution in [2.24, 2.45) is 5.41 Å². The quantitative estimate of drug-likeness (QED) is 0.525. The third-order valence-electron chi connectivity index (χ3n) is 6.46. The van der Waals surface area contributed by atoms with Crippen LogP contribution >= 0.6 is 0 Å². The Kier molecular flexibility index (Phi) is 4.76. The molecule has 1 saturated carbocycles. The molecule has 1 unspecified atom stereocenters. The molecular weight excluding hydrogens is 430 g/mol. The second-order valence-electron chi connectivity index (χ2n) is 8.76. The average Bonchev–Trinajstić information content (AvgIpc) is 3.28. The summed E-state index contributed by atoms with van der Waals surface area (Å²) in [4.78, 5) is 61.9. The van der Waals surface area contributed by atoms with Crippen LogP contribution in [0.2, 0.25) is 0 Å². The summed E-state index contributed by atoms with van der Waals surface area (Å²) in [7, 11) is 0. The lowest BCUT2D eigenvalue weighted by molar-refractivity contribution is -0.136. The van der Waals surface area contributed by atoms with Crippen molar-refractivity contribution in [3.63, 3.8) is 0 Å². The monoisotopic (exact) mass is 451 g/mol. The highest BCUT2D eigenvalue weighted by molar-refractivity contribution is 6.25. The summed E-state index contributed by atoms with van der Waals surface area (Å²) < 4.78 is 1.60. The van der Waals surface area contributed by atoms with E-state index in [0.717, 1.165) is 17.7 Å². The SMILES string of the molecule is O=C1CCC(N2C(=O)c3cccc(NCC4(Cn5cc(C(=O)O)cn5)CC4)c3C2=O)C(=O)N1. The van der Waals surface area contributed by atoms with E-state index >= 15 is 0 Å². The molecule has 11 heteroatoms. The first-order valence-electron chi connectivity index (χ1n) is 10.6. The number of amides is 4. The number of nitrogens with one attached hydrogen (secondary N) is 2. The number of hydrogen-bond acceptors (Lipinski definition) is 7. The average molecular weight is 451 g/mol. The van der Waals surface area contributed by atoms with Crippen molar-refractivity contribution in [1.29, 1.82) is 0 Å². The summed E-state index contributed by atoms with van der Waals surface area (Å²) in [5.41, 5.74) is 0.920. The lowest BCUT2D eigenvalue weighted by atomic mass is 10.0. The van der Waals surface area contributed by atoms with Crippen molar-refractivity contribution in [2.45, 2.75) is 38.3 Å². The van der Waals surface area contributed by atoms with Crippen LogP contribution in [0.3, 0.4) is 0 Å². The number of anilines is 1. The molecule has 4 amide bonds. The molecular formula is C22H21N5O6. The van der Waals surface area contributed by atoms with Crippen molar-refractivity contribution in [3.8, 4) is 0 Å². The van der Waals surface area contributed by atoms with Crippen LogP contribution in [-0.2, 0) is 16.1 Å². The normalized spacial score (nSPS) is 21.1. The zero-order valence-electron chi connectivity index (χ0n) is 17.5. The van der Waals surface area contributed by atoms with Crippen molar-refractivity contribution < 1.29 is 29.1 Å². The summed E-state index contributed by atoms with van der Waals surface area (Å²) in [5.74, 6) is -3.21. The van der Waals surface area contributed by atoms with E-state index < -0.39 is 35.6 Å². The van der Waals surface area contributed by atoms with Crippen molar-refractivity contribution >= 4 is 35.3 Å². The Morgan fingerprint density at radius 2 is 2.00 bits per heavy atom. The van der Waals surface area contributed by atoms with Crippen LogP contribution in [0.25, 0.3) is 0 Å². The Hall–Kier alpha value is -4.02. The van der Waals surface area contributed by atoms with Gasteiger partial charge < -0.3 is 10.4 Å². The van der Waals surface area contributed by atoms with Gasteiger partial charge in [-0.1, -0.05) is 6.07 Å². The van der Waals surface area contributed by atoms with Gasteiger partial charge in [0, 0.05) is 36.8 Å². The number of rotatable bonds is 7. The highest BCUT2D eigenvalue weighted by Crippen LogP contribution is 2.47. The Morgan fingerprint density at radius 3 is 2.67 bits per heavy atom. The molecule has 2 fully saturated rings. The Labute approximate surface area is 187 Å². The molecule has 3 N–H and O–H groups in total. The molecule has 33 heavy (non-hydrogen) atoms. The van der Waals surface area contributed by atoms with E-state index in [1.165, 1.54) is 12.4 Å². The third-order valence-corrected chi connectivity index (χ3v) is 6.46. The van der Waals surface area contributed by atoms with E-state index in [1.807, 2.05) is 0 Å². The van der Waals surface area contributed by atoms with Crippen LogP contribution in [0.1, 0.15) is 56.8 Å². The van der Waals surface area contributed by atoms with E-state index in [9.17, 15) is 24.0 Å². The minimum atomic E-state index is -1.03. The number of aromatic nitrogens is 2. The fourth-order valence-electron chi connectivity index (χ4n) is 4.42. The molecule has 0 bridgehead atoms. The molecule has 11 nitrogen and oxygen atoms in total. The van der Waals surface area contributed by atoms with Gasteiger partial charge in [0.25, 0.3) is 11.8 Å². The molecule has 0 spiro atoms. The fourth-order valence-corrected chi connectivity index (χ4v) is 4.42. The number of carboxylic acid groups (broad SMARTS) is 1. The highest BCUT2D eigenvalue weighted by atomic mass is 16.4. The second kappa shape index (κ2) is 7.54. The van der Waals surface area contributed by atoms with Gasteiger partial charge in [-0.25, -0.2) is 4.79 Å². The van der Waals surface area contributed by atoms with Gasteiger partial charge in [0.05, 0.1) is 22.9 Å². The first-order valence-corrected chi connectivity index (χ1v) is 10.6. The van der Waals surface area contributed by atoms with Gasteiger partial charge in [0.15, 0.2) is 0 Å². The van der Waals surface area contributed by atoms with Gasteiger partial charge >= 0.3 is 5.97 Å². The predicted octanol–water partition coefficient (Wildman–Crippen LogP) is 0.875. The summed E-state index contributed by atoms with van der Waals surface area (Å²) in [5, 5.41) is 18.7. The first-order chi connectivity index (χ1) is 15.8. The van der Waals surface area contributed by atoms with E-state index in [-0.39, 0.29) is 34.9 Å². The fraction of sp³-hybridized carbons (Fsp3) is 0.364. The molecule has 3 aliphatic rings. The van der Waals surface area contributed by atoms with Gasteiger partial charge in [-0.3, -0.25) is 34.1 Å². The van der Waals surface area contributed by atoms with E-state index in [4.69, 9.17) is 5.11 Å². The second-order valence-corrected chi connectivity index (χ2v) is 8.76. The standard InChI is InChI=1S/C22H21N5O6/c28-16-5-4-15(18(29)25-16)27-19(30)13-2-1-3-14(17(13)20(27)31)23-10-22(6-7-22)11-26-9-12(8-24-26)21(32)33/h1-3,8-9,15,23H,4-7,10-11H2,(H,32,33)(H,25,28,29). The number of imide groups is 2. The van der Waals surface area contributed by atoms with Crippen LogP contribution in [0.15, 0.2) is 30.6 Å². The minimum absolute atomic E-state index is 0.0639. The summed E-state index contributed by atoms with van der Waals surface area (Å²) in [6, 6.07) is 3.93. The molecule has 3 heterocycles. The van der Waals surface area contributed by atoms with Crippen LogP contribution in [0.5, 0.6) is 0 Å². The first kappa shape index (κ1) is 20.9. The largest absolute Gasteiger partial charge is 0.478 e. The number of carbonyl (C=O) groups excluding carboxylic acids is 4. The third kappa shape index (κ3) is 3.65. The molecule has 1 saturated heterocycles. The number of aromatic carboxylic acids is 1. The van der Waals surface area contributed by atoms with Crippen LogP contribution in [-0.4, -0.2) is 62.0 Å². The molecule has 2 aromatic rings. The van der Waals surface area contributed by atoms with Crippen LogP contribution < -0.4 is 10.6 Å². The topological polar surface area (TPSA) is 151 Å². The van der Waals surface area contributed by atoms with Crippen LogP contribution in [0, 0.1) is 5.41 Å². The van der Waals surface area contributed by atoms with Gasteiger partial charge in [0.1, 0.15) is 6.04 Å². The van der Waals surface area contributed by atoms with Gasteiger partial charge in [0.2, 0.25) is 11.8 Å². The molecule has 0 radical (unpaired) electrons. The predicted molar refractivity (Wildman–Crippen MR) is 112 cm³/mol. The van der Waals surface area contributed by atoms with Gasteiger partial charge in [-0.15, -0.1) is 0 Å². The van der Waals surface area contributed by atoms with E-state index in [2.05, 4.69) is 15.7 Å². The lowest BCUT2D eigenvalue weighted by Gasteiger charge is -2.27. The van der Waals surface area contributed by atoms with Crippen molar-refractivity contribution in [3.05, 3.63) is 47.3 Å². The van der Waals surface area contributed by atoms with E-state index in [0.29, 0.717) is 18.8 Å². The number of carbonyl (C=O) groups is 5. The number of nitrogens with zero attached hydrogens (tertiary/aromatic N) is 3. The lowest BCUT2D eigenvalue weighted by Crippen LogP contribution is -2.54. The number of benzene rings is 1. The Morgan fingerprint density at radius 1 is 1.21 bits per heavy atom. The maximum Gasteiger partial charge on any atom is 0.338 e. The maximum absolute atomic E-state index is 13.2. The molecule has 1 aromatic heterocycles. The van der Waals surface area contributed by atoms with Crippen molar-refractivity contribution in [1.82, 2.24) is 20.0 Å². The number of hydrogen-bond donors (Lipinski definition) is 3. The van der Waals surface area contributed by atoms with Crippen LogP contribution in [0.4, 0.5) is 5.69 Å². The number of fused-ring (bicyclic) bond motifs is 1. The Bertz CT molecular complexity index is 1210. The molecule has 5 rings (SSSR count). The number of piperidine rings is 1. The van der Waals surface area contributed by atoms with Gasteiger partial charge in [-0.2, -0.15) is 5.10 Å². The molecule has 1 atom stereocenters. The zero-order chi connectivity index (χ0) is 23.3. The zero-order valence-corrected chi connectivity index (χ0v) is 17.5. The van der Waals surface area contributed by atoms with E-state index in [1.54, 1.807) is 22.9 Å². The molecule has 1 aromatic carbocycles. The molecule has 170 valence electrons. The summed E-state index contributed by atoms with van der Waals surface area (Å²) >= 11 is 0. The smallest absolute Gasteiger partial charge is 0.338 e. The van der Waals surface area contributed by atoms with Crippen molar-refractivity contribution in [2.75, 3.05) is 11.9 Å². The molecule has 2 aliphatic heterocycles. The summed E-state index contributed by atoms with van der Waals surface area (Å²) in [6.45, 7) is 1.03. The number of carboxylic acids is 1. The minimum Gasteiger partial charge on any atom is -0.478 e. The highest BCUT2D eigenvalue weighted by Gasteiger charge is 2.47. The maximum atomic E-state index is 13.2. The van der Waals surface area contributed by atoms with Gasteiger partial charge in [-0.05, 0) is 31.4 Å². The Balaban J connectivity index is 1.33. The summed E-state index contributed by atoms with van der Waals surface area (Å²) in [6.07, 6.45) is 4.78. The molecule has 1 aliphatic carbocycles.